The highest BCUT2D eigenvalue weighted by Gasteiger charge is 2.28. The van der Waals surface area contributed by atoms with Crippen LogP contribution in [0.2, 0.25) is 5.02 Å². The van der Waals surface area contributed by atoms with Crippen LogP contribution in [-0.2, 0) is 4.74 Å². The molecule has 1 aromatic heterocycles. The number of amides is 1. The molecule has 0 spiro atoms. The molecule has 1 atom stereocenters. The van der Waals surface area contributed by atoms with Gasteiger partial charge in [-0.25, -0.2) is 4.68 Å². The second-order valence-corrected chi connectivity index (χ2v) is 8.65. The predicted molar refractivity (Wildman–Crippen MR) is 114 cm³/mol. The van der Waals surface area contributed by atoms with Gasteiger partial charge in [0, 0.05) is 44.4 Å². The minimum Gasteiger partial charge on any atom is -0.377 e. The Balaban J connectivity index is 1.46. The molecule has 2 aliphatic rings. The Kier molecular flexibility index (Phi) is 6.23. The number of aromatic nitrogens is 2. The summed E-state index contributed by atoms with van der Waals surface area (Å²) in [5, 5.41) is 5.22. The monoisotopic (exact) mass is 416 g/mol. The van der Waals surface area contributed by atoms with Crippen LogP contribution in [0.5, 0.6) is 0 Å². The Morgan fingerprint density at radius 1 is 1.21 bits per heavy atom. The largest absolute Gasteiger partial charge is 0.377 e. The summed E-state index contributed by atoms with van der Waals surface area (Å²) in [6.07, 6.45) is 4.40. The van der Waals surface area contributed by atoms with Crippen LogP contribution in [0.3, 0.4) is 0 Å². The van der Waals surface area contributed by atoms with Crippen molar-refractivity contribution in [1.82, 2.24) is 19.6 Å². The summed E-state index contributed by atoms with van der Waals surface area (Å²) >= 11 is 6.02. The zero-order valence-corrected chi connectivity index (χ0v) is 17.9. The third kappa shape index (κ3) is 4.49. The zero-order chi connectivity index (χ0) is 20.4. The summed E-state index contributed by atoms with van der Waals surface area (Å²) in [5.74, 6) is 0.249. The summed E-state index contributed by atoms with van der Waals surface area (Å²) < 4.78 is 7.62. The molecule has 3 heterocycles. The average Bonchev–Trinajstić information content (AvgIpc) is 3.38. The van der Waals surface area contributed by atoms with Crippen LogP contribution in [0.1, 0.15) is 48.7 Å². The van der Waals surface area contributed by atoms with Crippen molar-refractivity contribution < 1.29 is 9.53 Å². The smallest absolute Gasteiger partial charge is 0.257 e. The standard InChI is InChI=1S/C22H29ClN4O2/c1-16(2)21-20(14-24-27(21)18-7-5-17(23)6-8-18)22(28)26-11-9-25(10-12-26)15-19-4-3-13-29-19/h5-8,14,16,19H,3-4,9-13,15H2,1-2H3. The number of piperazine rings is 1. The summed E-state index contributed by atoms with van der Waals surface area (Å²) in [4.78, 5) is 17.7. The first-order valence-corrected chi connectivity index (χ1v) is 10.9. The van der Waals surface area contributed by atoms with Crippen molar-refractivity contribution in [2.45, 2.75) is 38.7 Å². The van der Waals surface area contributed by atoms with E-state index in [1.165, 1.54) is 6.42 Å². The molecular formula is C22H29ClN4O2. The maximum absolute atomic E-state index is 13.3. The van der Waals surface area contributed by atoms with E-state index in [0.717, 1.165) is 57.1 Å². The predicted octanol–water partition coefficient (Wildman–Crippen LogP) is 3.59. The van der Waals surface area contributed by atoms with Gasteiger partial charge >= 0.3 is 0 Å². The molecule has 156 valence electrons. The van der Waals surface area contributed by atoms with Crippen LogP contribution in [-0.4, -0.2) is 70.9 Å². The molecule has 2 fully saturated rings. The van der Waals surface area contributed by atoms with Gasteiger partial charge in [-0.15, -0.1) is 0 Å². The van der Waals surface area contributed by atoms with E-state index in [4.69, 9.17) is 16.3 Å². The lowest BCUT2D eigenvalue weighted by Gasteiger charge is -2.35. The number of carbonyl (C=O) groups excluding carboxylic acids is 1. The molecule has 6 nitrogen and oxygen atoms in total. The van der Waals surface area contributed by atoms with E-state index < -0.39 is 0 Å². The van der Waals surface area contributed by atoms with Gasteiger partial charge in [0.2, 0.25) is 0 Å². The summed E-state index contributed by atoms with van der Waals surface area (Å²) in [6, 6.07) is 7.55. The molecule has 7 heteroatoms. The van der Waals surface area contributed by atoms with Crippen LogP contribution in [0.15, 0.2) is 30.5 Å². The van der Waals surface area contributed by atoms with Crippen molar-refractivity contribution in [1.29, 1.82) is 0 Å². The molecule has 2 aliphatic heterocycles. The number of benzene rings is 1. The molecule has 29 heavy (non-hydrogen) atoms. The quantitative estimate of drug-likeness (QED) is 0.747. The van der Waals surface area contributed by atoms with E-state index in [2.05, 4.69) is 23.8 Å². The highest BCUT2D eigenvalue weighted by atomic mass is 35.5. The number of hydrogen-bond donors (Lipinski definition) is 0. The maximum Gasteiger partial charge on any atom is 0.257 e. The van der Waals surface area contributed by atoms with Gasteiger partial charge in [0.25, 0.3) is 5.91 Å². The van der Waals surface area contributed by atoms with Crippen molar-refractivity contribution in [2.24, 2.45) is 0 Å². The van der Waals surface area contributed by atoms with Crippen molar-refractivity contribution in [3.63, 3.8) is 0 Å². The third-order valence-corrected chi connectivity index (χ3v) is 6.05. The van der Waals surface area contributed by atoms with Gasteiger partial charge < -0.3 is 9.64 Å². The second kappa shape index (κ2) is 8.86. The highest BCUT2D eigenvalue weighted by Crippen LogP contribution is 2.25. The van der Waals surface area contributed by atoms with E-state index in [1.807, 2.05) is 33.8 Å². The Morgan fingerprint density at radius 2 is 1.93 bits per heavy atom. The van der Waals surface area contributed by atoms with Crippen LogP contribution in [0.25, 0.3) is 5.69 Å². The maximum atomic E-state index is 13.3. The first kappa shape index (κ1) is 20.4. The van der Waals surface area contributed by atoms with E-state index >= 15 is 0 Å². The SMILES string of the molecule is CC(C)c1c(C(=O)N2CCN(CC3CCCO3)CC2)cnn1-c1ccc(Cl)cc1. The fourth-order valence-electron chi connectivity index (χ4n) is 4.25. The lowest BCUT2D eigenvalue weighted by molar-refractivity contribution is 0.0432. The van der Waals surface area contributed by atoms with Crippen LogP contribution < -0.4 is 0 Å². The number of hydrogen-bond acceptors (Lipinski definition) is 4. The van der Waals surface area contributed by atoms with Gasteiger partial charge in [-0.1, -0.05) is 25.4 Å². The summed E-state index contributed by atoms with van der Waals surface area (Å²) in [7, 11) is 0. The van der Waals surface area contributed by atoms with Gasteiger partial charge in [0.15, 0.2) is 0 Å². The summed E-state index contributed by atoms with van der Waals surface area (Å²) in [5.41, 5.74) is 2.56. The molecule has 1 unspecified atom stereocenters. The normalized spacial score (nSPS) is 20.6. The molecule has 1 aromatic carbocycles. The molecular weight excluding hydrogens is 388 g/mol. The van der Waals surface area contributed by atoms with E-state index in [0.29, 0.717) is 16.7 Å². The fraction of sp³-hybridized carbons (Fsp3) is 0.545. The van der Waals surface area contributed by atoms with Crippen LogP contribution in [0.4, 0.5) is 0 Å². The van der Waals surface area contributed by atoms with Gasteiger partial charge in [-0.2, -0.15) is 5.10 Å². The minimum atomic E-state index is 0.0747. The van der Waals surface area contributed by atoms with Crippen LogP contribution in [0, 0.1) is 0 Å². The number of nitrogens with zero attached hydrogens (tertiary/aromatic N) is 4. The molecule has 2 saturated heterocycles. The highest BCUT2D eigenvalue weighted by molar-refractivity contribution is 6.30. The number of ether oxygens (including phenoxy) is 1. The van der Waals surface area contributed by atoms with E-state index in [9.17, 15) is 4.79 Å². The van der Waals surface area contributed by atoms with Crippen molar-refractivity contribution in [3.8, 4) is 5.69 Å². The fourth-order valence-corrected chi connectivity index (χ4v) is 4.37. The average molecular weight is 417 g/mol. The number of halogens is 1. The molecule has 4 rings (SSSR count). The molecule has 1 amide bonds. The Morgan fingerprint density at radius 3 is 2.55 bits per heavy atom. The molecule has 0 N–H and O–H groups in total. The van der Waals surface area contributed by atoms with Crippen molar-refractivity contribution in [2.75, 3.05) is 39.3 Å². The summed E-state index contributed by atoms with van der Waals surface area (Å²) in [6.45, 7) is 9.35. The second-order valence-electron chi connectivity index (χ2n) is 8.21. The topological polar surface area (TPSA) is 50.6 Å². The lowest BCUT2D eigenvalue weighted by Crippen LogP contribution is -2.50. The van der Waals surface area contributed by atoms with Crippen molar-refractivity contribution >= 4 is 17.5 Å². The van der Waals surface area contributed by atoms with Gasteiger partial charge in [-0.3, -0.25) is 9.69 Å². The first-order valence-electron chi connectivity index (χ1n) is 10.5. The molecule has 0 saturated carbocycles. The van der Waals surface area contributed by atoms with Gasteiger partial charge in [-0.05, 0) is 43.0 Å². The van der Waals surface area contributed by atoms with E-state index in [-0.39, 0.29) is 11.8 Å². The van der Waals surface area contributed by atoms with E-state index in [1.54, 1.807) is 6.20 Å². The zero-order valence-electron chi connectivity index (χ0n) is 17.2. The molecule has 0 radical (unpaired) electrons. The minimum absolute atomic E-state index is 0.0747. The Labute approximate surface area is 177 Å². The third-order valence-electron chi connectivity index (χ3n) is 5.80. The van der Waals surface area contributed by atoms with Crippen LogP contribution >= 0.6 is 11.6 Å². The molecule has 2 aromatic rings. The van der Waals surface area contributed by atoms with Crippen molar-refractivity contribution in [3.05, 3.63) is 46.7 Å². The Hall–Kier alpha value is -1.89. The van der Waals surface area contributed by atoms with Gasteiger partial charge in [0.05, 0.1) is 29.2 Å². The molecule has 0 bridgehead atoms. The number of carbonyl (C=O) groups is 1. The van der Waals surface area contributed by atoms with Gasteiger partial charge in [0.1, 0.15) is 0 Å². The molecule has 0 aliphatic carbocycles. The first-order chi connectivity index (χ1) is 14.0. The lowest BCUT2D eigenvalue weighted by atomic mass is 10.0. The number of rotatable bonds is 5. The Bertz CT molecular complexity index is 835.